The Labute approximate surface area is 128 Å². The lowest BCUT2D eigenvalue weighted by atomic mass is 10.0. The maximum absolute atomic E-state index is 10.5. The molecule has 1 atom stereocenters. The van der Waals surface area contributed by atoms with E-state index in [1.54, 1.807) is 23.5 Å². The van der Waals surface area contributed by atoms with Crippen LogP contribution in [0.1, 0.15) is 17.2 Å². The summed E-state index contributed by atoms with van der Waals surface area (Å²) >= 11 is 11.1. The highest BCUT2D eigenvalue weighted by Crippen LogP contribution is 2.37. The first kappa shape index (κ1) is 13.1. The molecule has 1 heterocycles. The second-order valence-electron chi connectivity index (χ2n) is 4.27. The number of benzene rings is 2. The molecule has 0 aliphatic heterocycles. The van der Waals surface area contributed by atoms with Gasteiger partial charge < -0.3 is 5.11 Å². The van der Waals surface area contributed by atoms with Crippen molar-refractivity contribution in [3.63, 3.8) is 0 Å². The molecule has 96 valence electrons. The molecular weight excluding hydrogens is 344 g/mol. The molecule has 1 aromatic heterocycles. The summed E-state index contributed by atoms with van der Waals surface area (Å²) in [4.78, 5) is 0. The molecule has 0 saturated heterocycles. The fourth-order valence-electron chi connectivity index (χ4n) is 2.11. The molecule has 3 aromatic rings. The van der Waals surface area contributed by atoms with Crippen LogP contribution in [0, 0.1) is 0 Å². The third kappa shape index (κ3) is 2.43. The number of aliphatic hydroxyl groups excluding tert-OH is 1. The van der Waals surface area contributed by atoms with Gasteiger partial charge in [0, 0.05) is 19.8 Å². The van der Waals surface area contributed by atoms with Crippen molar-refractivity contribution in [2.24, 2.45) is 0 Å². The zero-order valence-electron chi connectivity index (χ0n) is 9.81. The van der Waals surface area contributed by atoms with Crippen LogP contribution < -0.4 is 0 Å². The molecule has 0 saturated carbocycles. The zero-order valence-corrected chi connectivity index (χ0v) is 13.0. The molecule has 0 aliphatic carbocycles. The van der Waals surface area contributed by atoms with Gasteiger partial charge in [-0.25, -0.2) is 0 Å². The van der Waals surface area contributed by atoms with Gasteiger partial charge in [-0.15, -0.1) is 11.3 Å². The van der Waals surface area contributed by atoms with Crippen molar-refractivity contribution in [1.82, 2.24) is 0 Å². The number of hydrogen-bond acceptors (Lipinski definition) is 2. The summed E-state index contributed by atoms with van der Waals surface area (Å²) in [6.07, 6.45) is -0.651. The third-order valence-corrected chi connectivity index (χ3v) is 5.25. The van der Waals surface area contributed by atoms with Crippen LogP contribution in [0.25, 0.3) is 10.1 Å². The van der Waals surface area contributed by atoms with E-state index in [-0.39, 0.29) is 0 Å². The summed E-state index contributed by atoms with van der Waals surface area (Å²) in [6.45, 7) is 0. The van der Waals surface area contributed by atoms with Gasteiger partial charge in [-0.05, 0) is 50.5 Å². The van der Waals surface area contributed by atoms with Crippen molar-refractivity contribution in [2.75, 3.05) is 0 Å². The van der Waals surface area contributed by atoms with Crippen LogP contribution in [0.4, 0.5) is 0 Å². The molecule has 1 N–H and O–H groups in total. The van der Waals surface area contributed by atoms with E-state index in [0.29, 0.717) is 5.02 Å². The van der Waals surface area contributed by atoms with Gasteiger partial charge in [0.2, 0.25) is 0 Å². The van der Waals surface area contributed by atoms with Gasteiger partial charge in [0.25, 0.3) is 0 Å². The number of aliphatic hydroxyl groups is 1. The van der Waals surface area contributed by atoms with E-state index in [2.05, 4.69) is 15.9 Å². The Morgan fingerprint density at radius 3 is 2.74 bits per heavy atom. The summed E-state index contributed by atoms with van der Waals surface area (Å²) in [5.74, 6) is 0. The largest absolute Gasteiger partial charge is 0.384 e. The normalized spacial score (nSPS) is 12.8. The second kappa shape index (κ2) is 5.25. The Kier molecular flexibility index (Phi) is 3.63. The van der Waals surface area contributed by atoms with E-state index in [0.717, 1.165) is 25.7 Å². The van der Waals surface area contributed by atoms with Crippen LogP contribution in [0.5, 0.6) is 0 Å². The van der Waals surface area contributed by atoms with Crippen LogP contribution >= 0.6 is 38.9 Å². The molecule has 3 rings (SSSR count). The predicted octanol–water partition coefficient (Wildman–Crippen LogP) is 5.40. The van der Waals surface area contributed by atoms with Crippen molar-refractivity contribution in [2.45, 2.75) is 6.10 Å². The molecule has 2 aromatic carbocycles. The van der Waals surface area contributed by atoms with Gasteiger partial charge in [-0.3, -0.25) is 0 Å². The Morgan fingerprint density at radius 2 is 1.95 bits per heavy atom. The standard InChI is InChI=1S/C15H10BrClOS/c16-13-6-2-5-11-12(8-19-15(11)13)14(18)9-3-1-4-10(17)7-9/h1-8,14,18H. The van der Waals surface area contributed by atoms with Gasteiger partial charge in [0.15, 0.2) is 0 Å². The first-order chi connectivity index (χ1) is 9.16. The van der Waals surface area contributed by atoms with Crippen LogP contribution in [-0.4, -0.2) is 5.11 Å². The van der Waals surface area contributed by atoms with E-state index in [1.807, 2.05) is 35.7 Å². The number of fused-ring (bicyclic) bond motifs is 1. The van der Waals surface area contributed by atoms with E-state index >= 15 is 0 Å². The molecule has 4 heteroatoms. The van der Waals surface area contributed by atoms with Crippen LogP contribution in [-0.2, 0) is 0 Å². The monoisotopic (exact) mass is 352 g/mol. The SMILES string of the molecule is OC(c1cccc(Cl)c1)c1csc2c(Br)cccc12. The highest BCUT2D eigenvalue weighted by molar-refractivity contribution is 9.10. The van der Waals surface area contributed by atoms with Gasteiger partial charge in [0.1, 0.15) is 6.10 Å². The van der Waals surface area contributed by atoms with E-state index in [4.69, 9.17) is 11.6 Å². The fraction of sp³-hybridized carbons (Fsp3) is 0.0667. The average Bonchev–Trinajstić information content (AvgIpc) is 2.83. The first-order valence-corrected chi connectivity index (χ1v) is 7.81. The van der Waals surface area contributed by atoms with Crippen molar-refractivity contribution in [1.29, 1.82) is 0 Å². The fourth-order valence-corrected chi connectivity index (χ4v) is 3.95. The summed E-state index contributed by atoms with van der Waals surface area (Å²) in [5.41, 5.74) is 1.73. The average molecular weight is 354 g/mol. The lowest BCUT2D eigenvalue weighted by Gasteiger charge is -2.10. The lowest BCUT2D eigenvalue weighted by Crippen LogP contribution is -1.98. The Balaban J connectivity index is 2.12. The summed E-state index contributed by atoms with van der Waals surface area (Å²) in [7, 11) is 0. The smallest absolute Gasteiger partial charge is 0.106 e. The number of hydrogen-bond donors (Lipinski definition) is 1. The third-order valence-electron chi connectivity index (χ3n) is 3.04. The first-order valence-electron chi connectivity index (χ1n) is 5.76. The van der Waals surface area contributed by atoms with Gasteiger partial charge in [-0.2, -0.15) is 0 Å². The molecule has 0 fully saturated rings. The lowest BCUT2D eigenvalue weighted by molar-refractivity contribution is 0.222. The Morgan fingerprint density at radius 1 is 1.16 bits per heavy atom. The molecule has 0 aliphatic rings. The van der Waals surface area contributed by atoms with Crippen molar-refractivity contribution >= 4 is 49.0 Å². The van der Waals surface area contributed by atoms with E-state index in [9.17, 15) is 5.11 Å². The molecule has 0 spiro atoms. The molecule has 0 bridgehead atoms. The zero-order chi connectivity index (χ0) is 13.4. The summed E-state index contributed by atoms with van der Waals surface area (Å²) in [6, 6.07) is 13.4. The second-order valence-corrected chi connectivity index (χ2v) is 6.44. The molecule has 19 heavy (non-hydrogen) atoms. The molecule has 0 amide bonds. The van der Waals surface area contributed by atoms with Crippen molar-refractivity contribution in [3.8, 4) is 0 Å². The quantitative estimate of drug-likeness (QED) is 0.654. The maximum atomic E-state index is 10.5. The highest BCUT2D eigenvalue weighted by Gasteiger charge is 2.16. The number of thiophene rings is 1. The van der Waals surface area contributed by atoms with Gasteiger partial charge >= 0.3 is 0 Å². The molecule has 1 unspecified atom stereocenters. The molecule has 0 radical (unpaired) electrons. The molecular formula is C15H10BrClOS. The van der Waals surface area contributed by atoms with Gasteiger partial charge in [0.05, 0.1) is 0 Å². The topological polar surface area (TPSA) is 20.2 Å². The van der Waals surface area contributed by atoms with Gasteiger partial charge in [-0.1, -0.05) is 35.9 Å². The number of halogens is 2. The maximum Gasteiger partial charge on any atom is 0.106 e. The minimum atomic E-state index is -0.651. The summed E-state index contributed by atoms with van der Waals surface area (Å²) < 4.78 is 2.21. The number of rotatable bonds is 2. The summed E-state index contributed by atoms with van der Waals surface area (Å²) in [5, 5.41) is 14.2. The van der Waals surface area contributed by atoms with E-state index < -0.39 is 6.10 Å². The van der Waals surface area contributed by atoms with Crippen LogP contribution in [0.15, 0.2) is 52.3 Å². The Hall–Kier alpha value is -0.870. The Bertz CT molecular complexity index is 738. The van der Waals surface area contributed by atoms with Crippen LogP contribution in [0.2, 0.25) is 5.02 Å². The van der Waals surface area contributed by atoms with Crippen molar-refractivity contribution in [3.05, 3.63) is 68.5 Å². The highest BCUT2D eigenvalue weighted by atomic mass is 79.9. The minimum Gasteiger partial charge on any atom is -0.384 e. The van der Waals surface area contributed by atoms with Crippen molar-refractivity contribution < 1.29 is 5.11 Å². The predicted molar refractivity (Wildman–Crippen MR) is 85.0 cm³/mol. The van der Waals surface area contributed by atoms with E-state index in [1.165, 1.54) is 0 Å². The van der Waals surface area contributed by atoms with Crippen LogP contribution in [0.3, 0.4) is 0 Å². The molecule has 1 nitrogen and oxygen atoms in total. The minimum absolute atomic E-state index is 0.636.